The van der Waals surface area contributed by atoms with E-state index in [1.54, 1.807) is 22.4 Å². The molecule has 0 spiro atoms. The van der Waals surface area contributed by atoms with Crippen LogP contribution in [0, 0.1) is 0 Å². The molecule has 0 amide bonds. The van der Waals surface area contributed by atoms with E-state index in [0.29, 0.717) is 29.4 Å². The molecule has 0 unspecified atom stereocenters. The zero-order valence-electron chi connectivity index (χ0n) is 15.2. The van der Waals surface area contributed by atoms with Crippen molar-refractivity contribution in [2.75, 3.05) is 6.61 Å². The Kier molecular flexibility index (Phi) is 6.12. The number of hydrogen-bond donors (Lipinski definition) is 1. The third-order valence-electron chi connectivity index (χ3n) is 4.38. The molecule has 0 aliphatic rings. The molecule has 0 bridgehead atoms. The summed E-state index contributed by atoms with van der Waals surface area (Å²) in [6.07, 6.45) is 0.538. The van der Waals surface area contributed by atoms with E-state index < -0.39 is 0 Å². The van der Waals surface area contributed by atoms with Crippen molar-refractivity contribution in [2.45, 2.75) is 43.6 Å². The van der Waals surface area contributed by atoms with Crippen LogP contribution in [0.1, 0.15) is 37.3 Å². The topological polar surface area (TPSA) is 55.1 Å². The second-order valence-electron chi connectivity index (χ2n) is 6.63. The summed E-state index contributed by atoms with van der Waals surface area (Å²) in [6.45, 7) is 4.90. The predicted octanol–water partition coefficient (Wildman–Crippen LogP) is 4.19. The molecule has 3 aromatic rings. The largest absolute Gasteiger partial charge is 0.396 e. The van der Waals surface area contributed by atoms with Gasteiger partial charge >= 0.3 is 0 Å². The van der Waals surface area contributed by atoms with E-state index in [-0.39, 0.29) is 12.2 Å². The molecule has 136 valence electrons. The quantitative estimate of drug-likeness (QED) is 0.502. The van der Waals surface area contributed by atoms with Gasteiger partial charge in [0.1, 0.15) is 0 Å². The Morgan fingerprint density at radius 1 is 1.12 bits per heavy atom. The highest BCUT2D eigenvalue weighted by Gasteiger charge is 2.11. The minimum Gasteiger partial charge on any atom is -0.396 e. The predicted molar refractivity (Wildman–Crippen MR) is 108 cm³/mol. The molecule has 26 heavy (non-hydrogen) atoms. The van der Waals surface area contributed by atoms with Crippen LogP contribution < -0.4 is 5.56 Å². The summed E-state index contributed by atoms with van der Waals surface area (Å²) in [6, 6.07) is 16.0. The van der Waals surface area contributed by atoms with E-state index in [2.05, 4.69) is 38.1 Å². The smallest absolute Gasteiger partial charge is 0.262 e. The van der Waals surface area contributed by atoms with E-state index in [1.165, 1.54) is 11.1 Å². The molecule has 2 aromatic carbocycles. The van der Waals surface area contributed by atoms with Crippen LogP contribution in [-0.2, 0) is 12.3 Å². The first kappa shape index (κ1) is 18.7. The maximum atomic E-state index is 12.8. The fourth-order valence-corrected chi connectivity index (χ4v) is 3.81. The molecule has 5 heteroatoms. The van der Waals surface area contributed by atoms with E-state index >= 15 is 0 Å². The zero-order chi connectivity index (χ0) is 18.5. The number of para-hydroxylation sites is 1. The molecule has 4 nitrogen and oxygen atoms in total. The number of aliphatic hydroxyl groups is 1. The summed E-state index contributed by atoms with van der Waals surface area (Å²) in [5, 5.41) is 10.5. The third kappa shape index (κ3) is 4.17. The van der Waals surface area contributed by atoms with Crippen LogP contribution in [-0.4, -0.2) is 21.3 Å². The molecule has 0 radical (unpaired) electrons. The first-order chi connectivity index (χ1) is 12.6. The Hall–Kier alpha value is -2.11. The summed E-state index contributed by atoms with van der Waals surface area (Å²) in [7, 11) is 0. The number of rotatable bonds is 7. The van der Waals surface area contributed by atoms with Gasteiger partial charge in [-0.3, -0.25) is 9.36 Å². The monoisotopic (exact) mass is 368 g/mol. The molecule has 1 N–H and O–H groups in total. The maximum absolute atomic E-state index is 12.8. The van der Waals surface area contributed by atoms with Gasteiger partial charge in [0.15, 0.2) is 5.16 Å². The van der Waals surface area contributed by atoms with Crippen LogP contribution in [0.15, 0.2) is 58.5 Å². The van der Waals surface area contributed by atoms with Crippen molar-refractivity contribution in [3.63, 3.8) is 0 Å². The average molecular weight is 369 g/mol. The van der Waals surface area contributed by atoms with Gasteiger partial charge in [0, 0.05) is 18.9 Å². The Morgan fingerprint density at radius 3 is 2.54 bits per heavy atom. The van der Waals surface area contributed by atoms with Gasteiger partial charge in [-0.25, -0.2) is 4.98 Å². The van der Waals surface area contributed by atoms with Crippen molar-refractivity contribution in [2.24, 2.45) is 0 Å². The highest BCUT2D eigenvalue weighted by Crippen LogP contribution is 2.23. The van der Waals surface area contributed by atoms with Gasteiger partial charge in [-0.2, -0.15) is 0 Å². The van der Waals surface area contributed by atoms with Gasteiger partial charge in [0.2, 0.25) is 0 Å². The normalized spacial score (nSPS) is 11.4. The highest BCUT2D eigenvalue weighted by atomic mass is 32.2. The van der Waals surface area contributed by atoms with Crippen LogP contribution in [0.3, 0.4) is 0 Å². The second-order valence-corrected chi connectivity index (χ2v) is 7.57. The third-order valence-corrected chi connectivity index (χ3v) is 5.43. The highest BCUT2D eigenvalue weighted by molar-refractivity contribution is 7.98. The fraction of sp³-hybridized carbons (Fsp3) is 0.333. The summed E-state index contributed by atoms with van der Waals surface area (Å²) in [5.74, 6) is 1.27. The number of hydrogen-bond acceptors (Lipinski definition) is 4. The van der Waals surface area contributed by atoms with E-state index in [4.69, 9.17) is 10.1 Å². The fourth-order valence-electron chi connectivity index (χ4n) is 2.83. The SMILES string of the molecule is CC(C)c1ccc(CSc2nc3ccccc3c(=O)n2CCCO)cc1. The van der Waals surface area contributed by atoms with E-state index in [0.717, 1.165) is 11.3 Å². The molecule has 3 rings (SSSR count). The van der Waals surface area contributed by atoms with Crippen LogP contribution in [0.5, 0.6) is 0 Å². The first-order valence-corrected chi connectivity index (χ1v) is 9.91. The first-order valence-electron chi connectivity index (χ1n) is 8.92. The lowest BCUT2D eigenvalue weighted by atomic mass is 10.0. The van der Waals surface area contributed by atoms with Gasteiger partial charge in [0.05, 0.1) is 10.9 Å². The lowest BCUT2D eigenvalue weighted by molar-refractivity contribution is 0.276. The number of benzene rings is 2. The van der Waals surface area contributed by atoms with E-state index in [9.17, 15) is 4.79 Å². The molecule has 1 heterocycles. The van der Waals surface area contributed by atoms with Crippen molar-refractivity contribution in [3.8, 4) is 0 Å². The number of thioether (sulfide) groups is 1. The lowest BCUT2D eigenvalue weighted by Crippen LogP contribution is -2.24. The minimum atomic E-state index is -0.0401. The molecular formula is C21H24N2O2S. The summed E-state index contributed by atoms with van der Waals surface area (Å²) in [4.78, 5) is 17.5. The van der Waals surface area contributed by atoms with Crippen molar-refractivity contribution in [1.82, 2.24) is 9.55 Å². The maximum Gasteiger partial charge on any atom is 0.262 e. The molecule has 0 aliphatic heterocycles. The van der Waals surface area contributed by atoms with Crippen molar-refractivity contribution in [1.29, 1.82) is 0 Å². The van der Waals surface area contributed by atoms with E-state index in [1.807, 2.05) is 18.2 Å². The average Bonchev–Trinajstić information content (AvgIpc) is 2.66. The molecule has 0 saturated heterocycles. The zero-order valence-corrected chi connectivity index (χ0v) is 16.0. The molecule has 0 atom stereocenters. The van der Waals surface area contributed by atoms with Crippen molar-refractivity contribution < 1.29 is 5.11 Å². The van der Waals surface area contributed by atoms with Crippen LogP contribution in [0.4, 0.5) is 0 Å². The standard InChI is InChI=1S/C21H24N2O2S/c1-15(2)17-10-8-16(9-11-17)14-26-21-22-19-7-4-3-6-18(19)20(25)23(21)12-5-13-24/h3-4,6-11,15,24H,5,12-14H2,1-2H3. The van der Waals surface area contributed by atoms with Gasteiger partial charge < -0.3 is 5.11 Å². The summed E-state index contributed by atoms with van der Waals surface area (Å²) in [5.41, 5.74) is 3.20. The van der Waals surface area contributed by atoms with Gasteiger partial charge in [0.25, 0.3) is 5.56 Å². The Labute approximate surface area is 157 Å². The Bertz CT molecular complexity index is 933. The number of aromatic nitrogens is 2. The van der Waals surface area contributed by atoms with Crippen LogP contribution >= 0.6 is 11.8 Å². The number of nitrogens with zero attached hydrogens (tertiary/aromatic N) is 2. The second kappa shape index (κ2) is 8.52. The lowest BCUT2D eigenvalue weighted by Gasteiger charge is -2.13. The van der Waals surface area contributed by atoms with Crippen molar-refractivity contribution in [3.05, 3.63) is 70.0 Å². The molecule has 0 aliphatic carbocycles. The van der Waals surface area contributed by atoms with Crippen LogP contribution in [0.2, 0.25) is 0 Å². The Morgan fingerprint density at radius 2 is 1.85 bits per heavy atom. The molecule has 0 fully saturated rings. The number of aliphatic hydroxyl groups excluding tert-OH is 1. The summed E-state index contributed by atoms with van der Waals surface area (Å²) < 4.78 is 1.69. The summed E-state index contributed by atoms with van der Waals surface area (Å²) >= 11 is 1.56. The van der Waals surface area contributed by atoms with Gasteiger partial charge in [-0.15, -0.1) is 0 Å². The molecular weight excluding hydrogens is 344 g/mol. The molecule has 0 saturated carbocycles. The van der Waals surface area contributed by atoms with Crippen LogP contribution in [0.25, 0.3) is 10.9 Å². The van der Waals surface area contributed by atoms with Crippen molar-refractivity contribution >= 4 is 22.7 Å². The van der Waals surface area contributed by atoms with Gasteiger partial charge in [-0.05, 0) is 35.6 Å². The number of fused-ring (bicyclic) bond motifs is 1. The molecule has 1 aromatic heterocycles. The van der Waals surface area contributed by atoms with Gasteiger partial charge in [-0.1, -0.05) is 62.0 Å². The Balaban J connectivity index is 1.89. The minimum absolute atomic E-state index is 0.0401.